The zero-order valence-electron chi connectivity index (χ0n) is 8.04. The summed E-state index contributed by atoms with van der Waals surface area (Å²) in [6.07, 6.45) is 0. The lowest BCUT2D eigenvalue weighted by molar-refractivity contribution is 0.399. The highest BCUT2D eigenvalue weighted by molar-refractivity contribution is 5.83. The zero-order chi connectivity index (χ0) is 10.1. The lowest BCUT2D eigenvalue weighted by atomic mass is 10.1. The summed E-state index contributed by atoms with van der Waals surface area (Å²) in [6.45, 7) is 1.91. The van der Waals surface area contributed by atoms with Crippen molar-refractivity contribution in [1.29, 1.82) is 0 Å². The Morgan fingerprint density at radius 1 is 1.36 bits per heavy atom. The molecule has 0 fully saturated rings. The number of pyridine rings is 1. The number of fused-ring (bicyclic) bond motifs is 1. The molecule has 0 amide bonds. The summed E-state index contributed by atoms with van der Waals surface area (Å²) in [7, 11) is 1.52. The predicted octanol–water partition coefficient (Wildman–Crippen LogP) is 2.69. The van der Waals surface area contributed by atoms with Crippen LogP contribution in [0.2, 0.25) is 0 Å². The van der Waals surface area contributed by atoms with Crippen molar-refractivity contribution in [2.24, 2.45) is 0 Å². The first kappa shape index (κ1) is 8.94. The van der Waals surface area contributed by atoms with E-state index in [1.807, 2.05) is 13.0 Å². The summed E-state index contributed by atoms with van der Waals surface area (Å²) >= 11 is 0. The number of hydrogen-bond donors (Lipinski definition) is 0. The average molecular weight is 191 g/mol. The molecule has 2 rings (SSSR count). The molecular weight excluding hydrogens is 181 g/mol. The van der Waals surface area contributed by atoms with Gasteiger partial charge in [-0.2, -0.15) is 0 Å². The van der Waals surface area contributed by atoms with E-state index in [4.69, 9.17) is 4.74 Å². The summed E-state index contributed by atoms with van der Waals surface area (Å²) in [6, 6.07) is 6.72. The molecule has 0 aliphatic rings. The van der Waals surface area contributed by atoms with E-state index in [0.29, 0.717) is 11.4 Å². The van der Waals surface area contributed by atoms with E-state index in [1.54, 1.807) is 12.1 Å². The van der Waals surface area contributed by atoms with Gasteiger partial charge in [0.2, 0.25) is 5.88 Å². The normalized spacial score (nSPS) is 10.5. The predicted molar refractivity (Wildman–Crippen MR) is 53.0 cm³/mol. The van der Waals surface area contributed by atoms with Crippen LogP contribution in [0.5, 0.6) is 5.88 Å². The minimum Gasteiger partial charge on any atom is -0.481 e. The van der Waals surface area contributed by atoms with Gasteiger partial charge < -0.3 is 4.74 Å². The first-order valence-corrected chi connectivity index (χ1v) is 4.32. The molecule has 2 aromatic rings. The van der Waals surface area contributed by atoms with Gasteiger partial charge >= 0.3 is 0 Å². The Morgan fingerprint density at radius 3 is 2.86 bits per heavy atom. The van der Waals surface area contributed by atoms with E-state index in [-0.39, 0.29) is 5.82 Å². The van der Waals surface area contributed by atoms with Crippen LogP contribution in [0.1, 0.15) is 5.56 Å². The Hall–Kier alpha value is -1.64. The molecule has 0 aliphatic heterocycles. The number of nitrogens with zero attached hydrogens (tertiary/aromatic N) is 1. The first-order valence-electron chi connectivity index (χ1n) is 4.32. The molecule has 0 atom stereocenters. The van der Waals surface area contributed by atoms with Crippen LogP contribution in [0.25, 0.3) is 10.9 Å². The van der Waals surface area contributed by atoms with Gasteiger partial charge in [0.05, 0.1) is 7.11 Å². The summed E-state index contributed by atoms with van der Waals surface area (Å²) in [5, 5.41) is 0.825. The third-order valence-electron chi connectivity index (χ3n) is 2.18. The Morgan fingerprint density at radius 2 is 2.14 bits per heavy atom. The number of benzene rings is 1. The van der Waals surface area contributed by atoms with Crippen LogP contribution in [-0.2, 0) is 0 Å². The second-order valence-electron chi connectivity index (χ2n) is 3.12. The third kappa shape index (κ3) is 1.31. The second-order valence-corrected chi connectivity index (χ2v) is 3.12. The van der Waals surface area contributed by atoms with E-state index in [1.165, 1.54) is 13.2 Å². The summed E-state index contributed by atoms with van der Waals surface area (Å²) < 4.78 is 18.3. The van der Waals surface area contributed by atoms with E-state index >= 15 is 0 Å². The van der Waals surface area contributed by atoms with Gasteiger partial charge in [0.1, 0.15) is 11.3 Å². The Kier molecular flexibility index (Phi) is 2.08. The fourth-order valence-corrected chi connectivity index (χ4v) is 1.46. The maximum absolute atomic E-state index is 13.4. The topological polar surface area (TPSA) is 22.1 Å². The molecule has 0 spiro atoms. The van der Waals surface area contributed by atoms with Crippen LogP contribution < -0.4 is 4.74 Å². The van der Waals surface area contributed by atoms with E-state index in [9.17, 15) is 4.39 Å². The van der Waals surface area contributed by atoms with Crippen molar-refractivity contribution in [3.63, 3.8) is 0 Å². The number of aromatic nitrogens is 1. The highest BCUT2D eigenvalue weighted by Gasteiger charge is 2.06. The molecule has 3 heteroatoms. The van der Waals surface area contributed by atoms with Crippen molar-refractivity contribution in [1.82, 2.24) is 4.98 Å². The number of rotatable bonds is 1. The van der Waals surface area contributed by atoms with Crippen molar-refractivity contribution in [3.05, 3.63) is 35.6 Å². The third-order valence-corrected chi connectivity index (χ3v) is 2.18. The van der Waals surface area contributed by atoms with Crippen LogP contribution in [0, 0.1) is 12.7 Å². The average Bonchev–Trinajstić information content (AvgIpc) is 2.19. The maximum atomic E-state index is 13.4. The minimum absolute atomic E-state index is 0.315. The van der Waals surface area contributed by atoms with Gasteiger partial charge in [-0.15, -0.1) is 0 Å². The summed E-state index contributed by atoms with van der Waals surface area (Å²) in [5.41, 5.74) is 1.33. The number of hydrogen-bond acceptors (Lipinski definition) is 2. The van der Waals surface area contributed by atoms with Gasteiger partial charge in [0.25, 0.3) is 0 Å². The molecule has 1 aromatic carbocycles. The fraction of sp³-hybridized carbons (Fsp3) is 0.182. The van der Waals surface area contributed by atoms with Crippen molar-refractivity contribution in [2.45, 2.75) is 6.92 Å². The van der Waals surface area contributed by atoms with Gasteiger partial charge in [-0.05, 0) is 18.6 Å². The second kappa shape index (κ2) is 3.25. The number of halogens is 1. The smallest absolute Gasteiger partial charge is 0.213 e. The van der Waals surface area contributed by atoms with Gasteiger partial charge in [-0.3, -0.25) is 0 Å². The fourth-order valence-electron chi connectivity index (χ4n) is 1.46. The molecule has 14 heavy (non-hydrogen) atoms. The SMILES string of the molecule is COc1cc(C)c2cccc(F)c2n1. The van der Waals surface area contributed by atoms with Gasteiger partial charge in [-0.25, -0.2) is 9.37 Å². The first-order chi connectivity index (χ1) is 6.72. The molecule has 0 saturated carbocycles. The zero-order valence-corrected chi connectivity index (χ0v) is 8.04. The number of ether oxygens (including phenoxy) is 1. The van der Waals surface area contributed by atoms with Crippen LogP contribution in [0.4, 0.5) is 4.39 Å². The highest BCUT2D eigenvalue weighted by atomic mass is 19.1. The van der Waals surface area contributed by atoms with Crippen molar-refractivity contribution < 1.29 is 9.13 Å². The van der Waals surface area contributed by atoms with Gasteiger partial charge in [0, 0.05) is 11.5 Å². The largest absolute Gasteiger partial charge is 0.481 e. The lowest BCUT2D eigenvalue weighted by Gasteiger charge is -2.05. The van der Waals surface area contributed by atoms with Gasteiger partial charge in [0.15, 0.2) is 0 Å². The molecule has 1 aromatic heterocycles. The highest BCUT2D eigenvalue weighted by Crippen LogP contribution is 2.22. The summed E-state index contributed by atoms with van der Waals surface area (Å²) in [4.78, 5) is 4.06. The quantitative estimate of drug-likeness (QED) is 0.691. The van der Waals surface area contributed by atoms with Crippen molar-refractivity contribution in [3.8, 4) is 5.88 Å². The van der Waals surface area contributed by atoms with Crippen LogP contribution in [0.3, 0.4) is 0 Å². The molecule has 0 saturated heterocycles. The van der Waals surface area contributed by atoms with E-state index < -0.39 is 0 Å². The van der Waals surface area contributed by atoms with Crippen LogP contribution >= 0.6 is 0 Å². The minimum atomic E-state index is -0.315. The van der Waals surface area contributed by atoms with Gasteiger partial charge in [-0.1, -0.05) is 12.1 Å². The Bertz CT molecular complexity index is 482. The number of aryl methyl sites for hydroxylation is 1. The molecule has 72 valence electrons. The molecule has 0 radical (unpaired) electrons. The molecular formula is C11H10FNO. The maximum Gasteiger partial charge on any atom is 0.213 e. The van der Waals surface area contributed by atoms with Crippen molar-refractivity contribution in [2.75, 3.05) is 7.11 Å². The Balaban J connectivity index is 2.83. The monoisotopic (exact) mass is 191 g/mol. The number of para-hydroxylation sites is 1. The molecule has 0 bridgehead atoms. The van der Waals surface area contributed by atoms with Crippen molar-refractivity contribution >= 4 is 10.9 Å². The molecule has 0 N–H and O–H groups in total. The lowest BCUT2D eigenvalue weighted by Crippen LogP contribution is -1.92. The summed E-state index contributed by atoms with van der Waals surface area (Å²) in [5.74, 6) is 0.129. The molecule has 1 heterocycles. The van der Waals surface area contributed by atoms with E-state index in [2.05, 4.69) is 4.98 Å². The van der Waals surface area contributed by atoms with E-state index in [0.717, 1.165) is 10.9 Å². The molecule has 0 aliphatic carbocycles. The standard InChI is InChI=1S/C11H10FNO/c1-7-6-10(14-2)13-11-8(7)4-3-5-9(11)12/h3-6H,1-2H3. The van der Waals surface area contributed by atoms with Crippen LogP contribution in [-0.4, -0.2) is 12.1 Å². The number of methoxy groups -OCH3 is 1. The van der Waals surface area contributed by atoms with Crippen LogP contribution in [0.15, 0.2) is 24.3 Å². The molecule has 0 unspecified atom stereocenters. The Labute approximate surface area is 81.3 Å². The molecule has 2 nitrogen and oxygen atoms in total.